The summed E-state index contributed by atoms with van der Waals surface area (Å²) in [7, 11) is 0. The van der Waals surface area contributed by atoms with Gasteiger partial charge < -0.3 is 5.11 Å². The zero-order valence-electron chi connectivity index (χ0n) is 12.9. The highest BCUT2D eigenvalue weighted by Crippen LogP contribution is 2.33. The Morgan fingerprint density at radius 1 is 1.05 bits per heavy atom. The van der Waals surface area contributed by atoms with E-state index in [-0.39, 0.29) is 11.7 Å². The van der Waals surface area contributed by atoms with Gasteiger partial charge >= 0.3 is 0 Å². The van der Waals surface area contributed by atoms with Crippen molar-refractivity contribution in [2.75, 3.05) is 0 Å². The van der Waals surface area contributed by atoms with Crippen LogP contribution in [0, 0.1) is 12.7 Å². The van der Waals surface area contributed by atoms with Gasteiger partial charge in [-0.2, -0.15) is 0 Å². The van der Waals surface area contributed by atoms with Crippen LogP contribution < -0.4 is 0 Å². The van der Waals surface area contributed by atoms with Crippen LogP contribution in [0.2, 0.25) is 0 Å². The lowest BCUT2D eigenvalue weighted by molar-refractivity contribution is 0.430. The topological polar surface area (TPSA) is 20.2 Å². The monoisotopic (exact) mass is 286 g/mol. The smallest absolute Gasteiger partial charge is 0.165 e. The van der Waals surface area contributed by atoms with E-state index in [0.717, 1.165) is 18.4 Å². The Kier molecular flexibility index (Phi) is 5.00. The highest BCUT2D eigenvalue weighted by atomic mass is 19.1. The largest absolute Gasteiger partial charge is 0.505 e. The third kappa shape index (κ3) is 3.84. The summed E-state index contributed by atoms with van der Waals surface area (Å²) >= 11 is 0. The molecule has 2 atom stereocenters. The molecule has 112 valence electrons. The van der Waals surface area contributed by atoms with E-state index in [1.54, 1.807) is 0 Å². The maximum absolute atomic E-state index is 13.5. The standard InChI is InChI=1S/C19H23FO/c1-4-15(16-7-5-13(2)6-8-16)11-14(3)17-9-10-19(21)18(20)12-17/h5-10,12,14-15,21H,4,11H2,1-3H3. The number of halogens is 1. The fourth-order valence-corrected chi connectivity index (χ4v) is 2.77. The van der Waals surface area contributed by atoms with E-state index < -0.39 is 5.82 Å². The molecule has 0 aromatic heterocycles. The van der Waals surface area contributed by atoms with Crippen LogP contribution >= 0.6 is 0 Å². The van der Waals surface area contributed by atoms with E-state index in [4.69, 9.17) is 0 Å². The molecule has 2 heteroatoms. The summed E-state index contributed by atoms with van der Waals surface area (Å²) < 4.78 is 13.5. The Morgan fingerprint density at radius 3 is 2.24 bits per heavy atom. The van der Waals surface area contributed by atoms with Gasteiger partial charge in [-0.1, -0.05) is 49.7 Å². The average molecular weight is 286 g/mol. The van der Waals surface area contributed by atoms with Crippen LogP contribution in [0.15, 0.2) is 42.5 Å². The molecule has 0 bridgehead atoms. The molecule has 2 aromatic rings. The molecule has 0 saturated heterocycles. The zero-order valence-corrected chi connectivity index (χ0v) is 12.9. The van der Waals surface area contributed by atoms with Crippen molar-refractivity contribution in [3.05, 3.63) is 65.0 Å². The SMILES string of the molecule is CCC(CC(C)c1ccc(O)c(F)c1)c1ccc(C)cc1. The van der Waals surface area contributed by atoms with Gasteiger partial charge in [-0.3, -0.25) is 0 Å². The molecule has 1 N–H and O–H groups in total. The number of rotatable bonds is 5. The molecule has 0 aliphatic carbocycles. The third-order valence-electron chi connectivity index (χ3n) is 4.22. The molecule has 2 rings (SSSR count). The second-order valence-electron chi connectivity index (χ2n) is 5.86. The Bertz CT molecular complexity index is 589. The number of aromatic hydroxyl groups is 1. The molecule has 0 radical (unpaired) electrons. The van der Waals surface area contributed by atoms with Crippen molar-refractivity contribution in [2.24, 2.45) is 0 Å². The molecule has 0 saturated carbocycles. The lowest BCUT2D eigenvalue weighted by atomic mass is 9.84. The van der Waals surface area contributed by atoms with Crippen LogP contribution in [0.3, 0.4) is 0 Å². The van der Waals surface area contributed by atoms with Gasteiger partial charge in [-0.15, -0.1) is 0 Å². The number of hydrogen-bond acceptors (Lipinski definition) is 1. The molecular formula is C19H23FO. The van der Waals surface area contributed by atoms with Gasteiger partial charge in [-0.25, -0.2) is 4.39 Å². The van der Waals surface area contributed by atoms with Gasteiger partial charge in [0.1, 0.15) is 0 Å². The molecule has 21 heavy (non-hydrogen) atoms. The summed E-state index contributed by atoms with van der Waals surface area (Å²) in [5, 5.41) is 9.28. The molecule has 0 aliphatic heterocycles. The molecule has 0 amide bonds. The predicted octanol–water partition coefficient (Wildman–Crippen LogP) is 5.53. The first-order valence-electron chi connectivity index (χ1n) is 7.56. The van der Waals surface area contributed by atoms with Gasteiger partial charge in [0.2, 0.25) is 0 Å². The second-order valence-corrected chi connectivity index (χ2v) is 5.86. The van der Waals surface area contributed by atoms with E-state index in [1.165, 1.54) is 23.3 Å². The van der Waals surface area contributed by atoms with Crippen LogP contribution in [0.25, 0.3) is 0 Å². The van der Waals surface area contributed by atoms with Gasteiger partial charge in [0, 0.05) is 0 Å². The van der Waals surface area contributed by atoms with Crippen molar-refractivity contribution in [3.8, 4) is 5.75 Å². The van der Waals surface area contributed by atoms with Crippen molar-refractivity contribution in [1.29, 1.82) is 0 Å². The zero-order chi connectivity index (χ0) is 15.4. The van der Waals surface area contributed by atoms with E-state index >= 15 is 0 Å². The first kappa shape index (κ1) is 15.6. The minimum atomic E-state index is -0.539. The van der Waals surface area contributed by atoms with E-state index in [9.17, 15) is 9.50 Å². The second kappa shape index (κ2) is 6.75. The summed E-state index contributed by atoms with van der Waals surface area (Å²) in [5.41, 5.74) is 3.55. The summed E-state index contributed by atoms with van der Waals surface area (Å²) in [5.74, 6) is -0.0944. The maximum atomic E-state index is 13.5. The van der Waals surface area contributed by atoms with Crippen LogP contribution in [0.4, 0.5) is 4.39 Å². The molecule has 0 fully saturated rings. The molecule has 0 aliphatic rings. The van der Waals surface area contributed by atoms with Crippen LogP contribution in [-0.2, 0) is 0 Å². The molecule has 1 nitrogen and oxygen atoms in total. The summed E-state index contributed by atoms with van der Waals surface area (Å²) in [6.45, 7) is 6.39. The van der Waals surface area contributed by atoms with Crippen molar-refractivity contribution >= 4 is 0 Å². The Balaban J connectivity index is 2.13. The van der Waals surface area contributed by atoms with Crippen molar-refractivity contribution < 1.29 is 9.50 Å². The first-order chi connectivity index (χ1) is 10.0. The highest BCUT2D eigenvalue weighted by molar-refractivity contribution is 5.31. The minimum absolute atomic E-state index is 0.256. The van der Waals surface area contributed by atoms with Gasteiger partial charge in [0.25, 0.3) is 0 Å². The molecule has 0 spiro atoms. The third-order valence-corrected chi connectivity index (χ3v) is 4.22. The molecule has 2 unspecified atom stereocenters. The molecule has 2 aromatic carbocycles. The number of aryl methyl sites for hydroxylation is 1. The van der Waals surface area contributed by atoms with Crippen LogP contribution in [-0.4, -0.2) is 5.11 Å². The minimum Gasteiger partial charge on any atom is -0.505 e. The Hall–Kier alpha value is -1.83. The predicted molar refractivity (Wildman–Crippen MR) is 85.3 cm³/mol. The van der Waals surface area contributed by atoms with E-state index in [0.29, 0.717) is 5.92 Å². The lowest BCUT2D eigenvalue weighted by Gasteiger charge is -2.21. The highest BCUT2D eigenvalue weighted by Gasteiger charge is 2.16. The molecular weight excluding hydrogens is 263 g/mol. The average Bonchev–Trinajstić information content (AvgIpc) is 2.48. The van der Waals surface area contributed by atoms with Crippen molar-refractivity contribution in [2.45, 2.75) is 45.4 Å². The van der Waals surface area contributed by atoms with Crippen LogP contribution in [0.5, 0.6) is 5.75 Å². The number of benzene rings is 2. The van der Waals surface area contributed by atoms with Gasteiger partial charge in [0.15, 0.2) is 11.6 Å². The molecule has 0 heterocycles. The first-order valence-corrected chi connectivity index (χ1v) is 7.56. The Labute approximate surface area is 126 Å². The van der Waals surface area contributed by atoms with Gasteiger partial charge in [0.05, 0.1) is 0 Å². The quantitative estimate of drug-likeness (QED) is 0.766. The normalized spacial score (nSPS) is 13.9. The summed E-state index contributed by atoms with van der Waals surface area (Å²) in [6.07, 6.45) is 2.04. The fourth-order valence-electron chi connectivity index (χ4n) is 2.77. The van der Waals surface area contributed by atoms with Crippen LogP contribution in [0.1, 0.15) is 55.2 Å². The summed E-state index contributed by atoms with van der Waals surface area (Å²) in [4.78, 5) is 0. The number of phenolic OH excluding ortho intramolecular Hbond substituents is 1. The van der Waals surface area contributed by atoms with E-state index in [1.807, 2.05) is 6.07 Å². The lowest BCUT2D eigenvalue weighted by Crippen LogP contribution is -2.04. The number of hydrogen-bond donors (Lipinski definition) is 1. The fraction of sp³-hybridized carbons (Fsp3) is 0.368. The Morgan fingerprint density at radius 2 is 1.67 bits per heavy atom. The van der Waals surface area contributed by atoms with Gasteiger partial charge in [-0.05, 0) is 54.9 Å². The van der Waals surface area contributed by atoms with Crippen molar-refractivity contribution in [3.63, 3.8) is 0 Å². The number of phenols is 1. The van der Waals surface area contributed by atoms with Crippen molar-refractivity contribution in [1.82, 2.24) is 0 Å². The summed E-state index contributed by atoms with van der Waals surface area (Å²) in [6, 6.07) is 13.4. The van der Waals surface area contributed by atoms with E-state index in [2.05, 4.69) is 45.0 Å². The maximum Gasteiger partial charge on any atom is 0.165 e.